The molecule has 1 aromatic carbocycles. The number of hydrogen-bond donors (Lipinski definition) is 0. The molecule has 1 unspecified atom stereocenters. The van der Waals surface area contributed by atoms with Crippen molar-refractivity contribution < 1.29 is 18.7 Å². The van der Waals surface area contributed by atoms with Gasteiger partial charge in [-0.3, -0.25) is 9.59 Å². The zero-order valence-corrected chi connectivity index (χ0v) is 13.7. The molecule has 1 aromatic rings. The fourth-order valence-corrected chi connectivity index (χ4v) is 3.85. The van der Waals surface area contributed by atoms with E-state index in [2.05, 4.69) is 6.92 Å². The van der Waals surface area contributed by atoms with Crippen LogP contribution in [-0.2, 0) is 14.3 Å². The van der Waals surface area contributed by atoms with E-state index in [1.54, 1.807) is 0 Å². The Morgan fingerprint density at radius 3 is 2.52 bits per heavy atom. The van der Waals surface area contributed by atoms with E-state index < -0.39 is 12.0 Å². The summed E-state index contributed by atoms with van der Waals surface area (Å²) in [6.07, 6.45) is 5.15. The predicted octanol–water partition coefficient (Wildman–Crippen LogP) is 4.76. The molecule has 2 rings (SSSR count). The Morgan fingerprint density at radius 2 is 2.00 bits per heavy atom. The van der Waals surface area contributed by atoms with E-state index in [4.69, 9.17) is 4.74 Å². The first kappa shape index (κ1) is 17.6. The van der Waals surface area contributed by atoms with Crippen LogP contribution in [0.15, 0.2) is 30.3 Å². The average Bonchev–Trinajstić information content (AvgIpc) is 2.59. The third-order valence-electron chi connectivity index (χ3n) is 5.18. The van der Waals surface area contributed by atoms with Crippen molar-refractivity contribution in [3.8, 4) is 0 Å². The molecule has 0 amide bonds. The molecule has 1 atom stereocenters. The van der Waals surface area contributed by atoms with Crippen LogP contribution < -0.4 is 0 Å². The van der Waals surface area contributed by atoms with E-state index in [9.17, 15) is 14.0 Å². The molecule has 0 bridgehead atoms. The van der Waals surface area contributed by atoms with Gasteiger partial charge in [0.15, 0.2) is 0 Å². The van der Waals surface area contributed by atoms with Gasteiger partial charge in [0.1, 0.15) is 6.10 Å². The Labute approximate surface area is 137 Å². The summed E-state index contributed by atoms with van der Waals surface area (Å²) in [5, 5.41) is 0. The van der Waals surface area contributed by atoms with Gasteiger partial charge in [0.05, 0.1) is 0 Å². The van der Waals surface area contributed by atoms with Gasteiger partial charge in [0, 0.05) is 11.3 Å². The van der Waals surface area contributed by atoms with E-state index >= 15 is 0 Å². The molecule has 126 valence electrons. The number of carbonyl (C=O) groups excluding carboxylic acids is 2. The summed E-state index contributed by atoms with van der Waals surface area (Å²) in [4.78, 5) is 22.1. The Hall–Kier alpha value is -1.71. The third kappa shape index (κ3) is 4.18. The van der Waals surface area contributed by atoms with Crippen LogP contribution in [0, 0.1) is 11.3 Å². The van der Waals surface area contributed by atoms with Crippen LogP contribution in [0.3, 0.4) is 0 Å². The van der Waals surface area contributed by atoms with Gasteiger partial charge in [-0.1, -0.05) is 50.1 Å². The molecule has 23 heavy (non-hydrogen) atoms. The average molecular weight is 320 g/mol. The fraction of sp³-hybridized carbons (Fsp3) is 0.579. The van der Waals surface area contributed by atoms with Gasteiger partial charge in [-0.15, -0.1) is 0 Å². The molecule has 1 fully saturated rings. The molecule has 3 nitrogen and oxygen atoms in total. The molecule has 0 saturated heterocycles. The van der Waals surface area contributed by atoms with E-state index in [1.165, 1.54) is 0 Å². The zero-order valence-electron chi connectivity index (χ0n) is 13.7. The van der Waals surface area contributed by atoms with Gasteiger partial charge in [-0.2, -0.15) is 4.39 Å². The molecule has 1 aliphatic carbocycles. The molecule has 1 saturated carbocycles. The standard InChI is InChI=1S/C19H25FO3/c1-2-3-11-19(12-9-16(10-13-19)18(20)22)17(23-14-21)15-7-5-4-6-8-15/h4-8,14,16-17H,2-3,9-13H2,1H3. The molecule has 0 heterocycles. The highest BCUT2D eigenvalue weighted by molar-refractivity contribution is 5.71. The molecule has 4 heteroatoms. The Kier molecular flexibility index (Phi) is 6.31. The largest absolute Gasteiger partial charge is 0.459 e. The van der Waals surface area contributed by atoms with Gasteiger partial charge in [-0.25, -0.2) is 0 Å². The Bertz CT molecular complexity index is 507. The van der Waals surface area contributed by atoms with Gasteiger partial charge in [0.2, 0.25) is 0 Å². The molecule has 0 N–H and O–H groups in total. The SMILES string of the molecule is CCCCC1(C(OC=O)c2ccccc2)CCC(C(=O)F)CC1. The first-order valence-electron chi connectivity index (χ1n) is 8.46. The minimum absolute atomic E-state index is 0.204. The van der Waals surface area contributed by atoms with Crippen LogP contribution in [-0.4, -0.2) is 12.5 Å². The summed E-state index contributed by atoms with van der Waals surface area (Å²) in [6, 6.07) is 8.52. The molecule has 1 aliphatic rings. The van der Waals surface area contributed by atoms with E-state index in [1.807, 2.05) is 30.3 Å². The molecule has 0 aromatic heterocycles. The summed E-state index contributed by atoms with van der Waals surface area (Å²) >= 11 is 0. The van der Waals surface area contributed by atoms with Gasteiger partial charge in [-0.05, 0) is 37.7 Å². The fourth-order valence-electron chi connectivity index (χ4n) is 3.85. The number of hydrogen-bond acceptors (Lipinski definition) is 3. The van der Waals surface area contributed by atoms with Crippen molar-refractivity contribution in [2.45, 2.75) is 58.0 Å². The number of unbranched alkanes of at least 4 members (excludes halogenated alkanes) is 1. The molecular weight excluding hydrogens is 295 g/mol. The lowest BCUT2D eigenvalue weighted by Crippen LogP contribution is -2.36. The van der Waals surface area contributed by atoms with Crippen LogP contribution in [0.4, 0.5) is 4.39 Å². The number of carbonyl (C=O) groups is 2. The minimum Gasteiger partial charge on any atom is -0.459 e. The van der Waals surface area contributed by atoms with Crippen molar-refractivity contribution in [2.24, 2.45) is 11.3 Å². The zero-order chi connectivity index (χ0) is 16.7. The highest BCUT2D eigenvalue weighted by Crippen LogP contribution is 2.52. The molecule has 0 spiro atoms. The van der Waals surface area contributed by atoms with Crippen molar-refractivity contribution in [1.29, 1.82) is 0 Å². The van der Waals surface area contributed by atoms with Crippen LogP contribution in [0.5, 0.6) is 0 Å². The van der Waals surface area contributed by atoms with Gasteiger partial charge in [0.25, 0.3) is 6.47 Å². The van der Waals surface area contributed by atoms with Gasteiger partial charge >= 0.3 is 6.04 Å². The number of rotatable bonds is 8. The third-order valence-corrected chi connectivity index (χ3v) is 5.18. The summed E-state index contributed by atoms with van der Waals surface area (Å²) in [5.41, 5.74) is 0.769. The summed E-state index contributed by atoms with van der Waals surface area (Å²) in [6.45, 7) is 2.64. The van der Waals surface area contributed by atoms with Crippen LogP contribution >= 0.6 is 0 Å². The molecular formula is C19H25FO3. The second-order valence-electron chi connectivity index (χ2n) is 6.57. The van der Waals surface area contributed by atoms with Crippen LogP contribution in [0.1, 0.15) is 63.5 Å². The monoisotopic (exact) mass is 320 g/mol. The van der Waals surface area contributed by atoms with Crippen molar-refractivity contribution in [1.82, 2.24) is 0 Å². The highest BCUT2D eigenvalue weighted by atomic mass is 19.1. The van der Waals surface area contributed by atoms with Gasteiger partial charge < -0.3 is 4.74 Å². The maximum absolute atomic E-state index is 13.0. The van der Waals surface area contributed by atoms with E-state index in [0.717, 1.165) is 24.8 Å². The van der Waals surface area contributed by atoms with Crippen molar-refractivity contribution in [2.75, 3.05) is 0 Å². The maximum Gasteiger partial charge on any atom is 0.304 e. The van der Waals surface area contributed by atoms with Crippen molar-refractivity contribution in [3.05, 3.63) is 35.9 Å². The second kappa shape index (κ2) is 8.23. The first-order chi connectivity index (χ1) is 11.1. The topological polar surface area (TPSA) is 43.4 Å². The summed E-state index contributed by atoms with van der Waals surface area (Å²) < 4.78 is 18.5. The Balaban J connectivity index is 2.27. The van der Waals surface area contributed by atoms with Crippen molar-refractivity contribution in [3.63, 3.8) is 0 Å². The van der Waals surface area contributed by atoms with E-state index in [-0.39, 0.29) is 11.5 Å². The molecule has 0 radical (unpaired) electrons. The second-order valence-corrected chi connectivity index (χ2v) is 6.57. The summed E-state index contributed by atoms with van der Waals surface area (Å²) in [5.74, 6) is -0.489. The van der Waals surface area contributed by atoms with Crippen LogP contribution in [0.2, 0.25) is 0 Å². The minimum atomic E-state index is -1.21. The normalized spacial score (nSPS) is 25.6. The van der Waals surface area contributed by atoms with E-state index in [0.29, 0.717) is 32.2 Å². The maximum atomic E-state index is 13.0. The lowest BCUT2D eigenvalue weighted by atomic mass is 9.63. The Morgan fingerprint density at radius 1 is 1.35 bits per heavy atom. The number of benzene rings is 1. The van der Waals surface area contributed by atoms with Crippen LogP contribution in [0.25, 0.3) is 0 Å². The number of halogens is 1. The highest BCUT2D eigenvalue weighted by Gasteiger charge is 2.44. The number of ether oxygens (including phenoxy) is 1. The smallest absolute Gasteiger partial charge is 0.304 e. The summed E-state index contributed by atoms with van der Waals surface area (Å²) in [7, 11) is 0. The lowest BCUT2D eigenvalue weighted by Gasteiger charge is -2.44. The quantitative estimate of drug-likeness (QED) is 0.512. The first-order valence-corrected chi connectivity index (χ1v) is 8.46. The molecule has 0 aliphatic heterocycles. The van der Waals surface area contributed by atoms with Crippen molar-refractivity contribution >= 4 is 12.5 Å². The predicted molar refractivity (Wildman–Crippen MR) is 86.4 cm³/mol. The lowest BCUT2D eigenvalue weighted by molar-refractivity contribution is -0.148.